The van der Waals surface area contributed by atoms with Gasteiger partial charge in [-0.15, -0.1) is 0 Å². The van der Waals surface area contributed by atoms with Crippen LogP contribution in [-0.2, 0) is 0 Å². The molecule has 1 saturated heterocycles. The van der Waals surface area contributed by atoms with Crippen molar-refractivity contribution in [2.45, 2.75) is 6.92 Å². The van der Waals surface area contributed by atoms with E-state index in [0.29, 0.717) is 43.3 Å². The van der Waals surface area contributed by atoms with Crippen LogP contribution in [0.2, 0.25) is 0 Å². The van der Waals surface area contributed by atoms with Gasteiger partial charge in [-0.05, 0) is 24.3 Å². The molecule has 2 aromatic rings. The fraction of sp³-hybridized carbons (Fsp3) is 0.294. The molecule has 1 N–H and O–H groups in total. The van der Waals surface area contributed by atoms with Crippen molar-refractivity contribution in [3.8, 4) is 0 Å². The zero-order valence-electron chi connectivity index (χ0n) is 12.9. The molecule has 23 heavy (non-hydrogen) atoms. The van der Waals surface area contributed by atoms with Crippen molar-refractivity contribution in [3.05, 3.63) is 53.6 Å². The molecule has 0 radical (unpaired) electrons. The number of halogens is 1. The van der Waals surface area contributed by atoms with Crippen molar-refractivity contribution in [2.75, 3.05) is 31.1 Å². The highest BCUT2D eigenvalue weighted by atomic mass is 19.1. The van der Waals surface area contributed by atoms with Gasteiger partial charge in [0.2, 0.25) is 0 Å². The first-order chi connectivity index (χ1) is 11.1. The van der Waals surface area contributed by atoms with E-state index in [9.17, 15) is 14.0 Å². The van der Waals surface area contributed by atoms with E-state index in [1.807, 2.05) is 4.90 Å². The molecule has 0 aliphatic carbocycles. The summed E-state index contributed by atoms with van der Waals surface area (Å²) in [7, 11) is 0. The van der Waals surface area contributed by atoms with Crippen LogP contribution >= 0.6 is 0 Å². The summed E-state index contributed by atoms with van der Waals surface area (Å²) in [6.45, 7) is 3.64. The Bertz CT molecular complexity index is 733. The predicted octanol–water partition coefficient (Wildman–Crippen LogP) is 2.32. The molecule has 0 unspecified atom stereocenters. The summed E-state index contributed by atoms with van der Waals surface area (Å²) in [5, 5.41) is 0. The normalized spacial score (nSPS) is 14.9. The maximum absolute atomic E-state index is 13.8. The van der Waals surface area contributed by atoms with Gasteiger partial charge in [-0.25, -0.2) is 4.39 Å². The minimum atomic E-state index is -0.247. The second kappa shape index (κ2) is 6.24. The molecular formula is C17H18FN3O2. The molecule has 1 aromatic heterocycles. The Balaban J connectivity index is 1.65. The summed E-state index contributed by atoms with van der Waals surface area (Å²) in [6.07, 6.45) is 0. The fourth-order valence-corrected chi connectivity index (χ4v) is 2.75. The number of anilines is 1. The highest BCUT2D eigenvalue weighted by molar-refractivity contribution is 5.97. The van der Waals surface area contributed by atoms with E-state index in [4.69, 9.17) is 0 Å². The highest BCUT2D eigenvalue weighted by Crippen LogP contribution is 2.20. The van der Waals surface area contributed by atoms with Crippen LogP contribution < -0.4 is 4.90 Å². The Morgan fingerprint density at radius 2 is 1.65 bits per heavy atom. The SMILES string of the molecule is CC(=O)c1ccc(C(=O)N2CCN(c3ccccc3F)CC2)[nH]1. The van der Waals surface area contributed by atoms with Crippen LogP contribution in [-0.4, -0.2) is 47.8 Å². The Labute approximate surface area is 133 Å². The molecular weight excluding hydrogens is 297 g/mol. The molecule has 120 valence electrons. The number of para-hydroxylation sites is 1. The summed E-state index contributed by atoms with van der Waals surface area (Å²) < 4.78 is 13.8. The lowest BCUT2D eigenvalue weighted by Gasteiger charge is -2.36. The van der Waals surface area contributed by atoms with Crippen molar-refractivity contribution in [3.63, 3.8) is 0 Å². The third-order valence-corrected chi connectivity index (χ3v) is 4.06. The summed E-state index contributed by atoms with van der Waals surface area (Å²) in [5.74, 6) is -0.484. The molecule has 0 bridgehead atoms. The molecule has 1 aliphatic rings. The zero-order chi connectivity index (χ0) is 16.4. The number of carbonyl (C=O) groups is 2. The Kier molecular flexibility index (Phi) is 4.14. The number of ketones is 1. The lowest BCUT2D eigenvalue weighted by atomic mass is 10.2. The van der Waals surface area contributed by atoms with E-state index >= 15 is 0 Å². The van der Waals surface area contributed by atoms with Crippen LogP contribution in [0.5, 0.6) is 0 Å². The van der Waals surface area contributed by atoms with Crippen LogP contribution in [0, 0.1) is 5.82 Å². The van der Waals surface area contributed by atoms with Gasteiger partial charge in [0.05, 0.1) is 11.4 Å². The number of benzene rings is 1. The standard InChI is InChI=1S/C17H18FN3O2/c1-12(22)14-6-7-15(19-14)17(23)21-10-8-20(9-11-21)16-5-3-2-4-13(16)18/h2-7,19H,8-11H2,1H3. The predicted molar refractivity (Wildman–Crippen MR) is 85.3 cm³/mol. The van der Waals surface area contributed by atoms with Gasteiger partial charge in [0, 0.05) is 33.1 Å². The van der Waals surface area contributed by atoms with Crippen LogP contribution in [0.1, 0.15) is 27.9 Å². The Hall–Kier alpha value is -2.63. The molecule has 6 heteroatoms. The fourth-order valence-electron chi connectivity index (χ4n) is 2.75. The maximum atomic E-state index is 13.8. The third-order valence-electron chi connectivity index (χ3n) is 4.06. The number of rotatable bonds is 3. The first-order valence-electron chi connectivity index (χ1n) is 7.55. The smallest absolute Gasteiger partial charge is 0.270 e. The van der Waals surface area contributed by atoms with Crippen molar-refractivity contribution >= 4 is 17.4 Å². The summed E-state index contributed by atoms with van der Waals surface area (Å²) in [4.78, 5) is 30.2. The van der Waals surface area contributed by atoms with Gasteiger partial charge in [0.25, 0.3) is 5.91 Å². The van der Waals surface area contributed by atoms with Gasteiger partial charge in [0.1, 0.15) is 11.5 Å². The van der Waals surface area contributed by atoms with Gasteiger partial charge in [0.15, 0.2) is 5.78 Å². The Morgan fingerprint density at radius 1 is 1.00 bits per heavy atom. The maximum Gasteiger partial charge on any atom is 0.270 e. The summed E-state index contributed by atoms with van der Waals surface area (Å²) >= 11 is 0. The third kappa shape index (κ3) is 3.11. The van der Waals surface area contributed by atoms with Gasteiger partial charge in [-0.1, -0.05) is 12.1 Å². The summed E-state index contributed by atoms with van der Waals surface area (Å²) in [6, 6.07) is 9.90. The largest absolute Gasteiger partial charge is 0.366 e. The number of hydrogen-bond acceptors (Lipinski definition) is 3. The Morgan fingerprint density at radius 3 is 2.26 bits per heavy atom. The van der Waals surface area contributed by atoms with E-state index < -0.39 is 0 Å². The van der Waals surface area contributed by atoms with E-state index in [1.54, 1.807) is 35.2 Å². The van der Waals surface area contributed by atoms with Crippen LogP contribution in [0.15, 0.2) is 36.4 Å². The van der Waals surface area contributed by atoms with Gasteiger partial charge >= 0.3 is 0 Å². The van der Waals surface area contributed by atoms with Crippen molar-refractivity contribution in [1.82, 2.24) is 9.88 Å². The molecule has 0 atom stereocenters. The second-order valence-corrected chi connectivity index (χ2v) is 5.57. The quantitative estimate of drug-likeness (QED) is 0.884. The monoisotopic (exact) mass is 315 g/mol. The van der Waals surface area contributed by atoms with Crippen molar-refractivity contribution in [1.29, 1.82) is 0 Å². The second-order valence-electron chi connectivity index (χ2n) is 5.57. The van der Waals surface area contributed by atoms with Crippen LogP contribution in [0.4, 0.5) is 10.1 Å². The number of carbonyl (C=O) groups excluding carboxylic acids is 2. The van der Waals surface area contributed by atoms with E-state index in [2.05, 4.69) is 4.98 Å². The highest BCUT2D eigenvalue weighted by Gasteiger charge is 2.24. The number of aromatic amines is 1. The van der Waals surface area contributed by atoms with Crippen molar-refractivity contribution < 1.29 is 14.0 Å². The van der Waals surface area contributed by atoms with Gasteiger partial charge < -0.3 is 14.8 Å². The average Bonchev–Trinajstić information content (AvgIpc) is 3.05. The van der Waals surface area contributed by atoms with E-state index in [-0.39, 0.29) is 17.5 Å². The number of aromatic nitrogens is 1. The lowest BCUT2D eigenvalue weighted by Crippen LogP contribution is -2.49. The molecule has 5 nitrogen and oxygen atoms in total. The number of amides is 1. The number of piperazine rings is 1. The number of hydrogen-bond donors (Lipinski definition) is 1. The topological polar surface area (TPSA) is 56.4 Å². The molecule has 1 aromatic carbocycles. The number of H-pyrrole nitrogens is 1. The molecule has 1 amide bonds. The minimum absolute atomic E-state index is 0.103. The summed E-state index contributed by atoms with van der Waals surface area (Å²) in [5.41, 5.74) is 1.41. The molecule has 0 spiro atoms. The molecule has 2 heterocycles. The molecule has 1 fully saturated rings. The lowest BCUT2D eigenvalue weighted by molar-refractivity contribution is 0.0741. The minimum Gasteiger partial charge on any atom is -0.366 e. The van der Waals surface area contributed by atoms with E-state index in [1.165, 1.54) is 13.0 Å². The van der Waals surface area contributed by atoms with Crippen LogP contribution in [0.25, 0.3) is 0 Å². The molecule has 0 saturated carbocycles. The molecule has 3 rings (SSSR count). The van der Waals surface area contributed by atoms with Gasteiger partial charge in [-0.3, -0.25) is 9.59 Å². The van der Waals surface area contributed by atoms with Crippen molar-refractivity contribution in [2.24, 2.45) is 0 Å². The van der Waals surface area contributed by atoms with Gasteiger partial charge in [-0.2, -0.15) is 0 Å². The number of nitrogens with zero attached hydrogens (tertiary/aromatic N) is 2. The van der Waals surface area contributed by atoms with E-state index in [0.717, 1.165) is 0 Å². The first kappa shape index (κ1) is 15.3. The number of nitrogens with one attached hydrogen (secondary N) is 1. The zero-order valence-corrected chi connectivity index (χ0v) is 12.9. The first-order valence-corrected chi connectivity index (χ1v) is 7.55. The molecule has 1 aliphatic heterocycles. The number of Topliss-reactive ketones (excluding diaryl/α,β-unsaturated/α-hetero) is 1. The average molecular weight is 315 g/mol. The van der Waals surface area contributed by atoms with Crippen LogP contribution in [0.3, 0.4) is 0 Å².